The predicted octanol–water partition coefficient (Wildman–Crippen LogP) is 3.19. The van der Waals surface area contributed by atoms with Crippen molar-refractivity contribution in [2.24, 2.45) is 0 Å². The van der Waals surface area contributed by atoms with Crippen molar-refractivity contribution in [3.8, 4) is 0 Å². The highest BCUT2D eigenvalue weighted by atomic mass is 35.5. The summed E-state index contributed by atoms with van der Waals surface area (Å²) in [5.74, 6) is -1.18. The maximum atomic E-state index is 12.3. The smallest absolute Gasteiger partial charge is 0.317 e. The minimum Gasteiger partial charge on any atom is -0.480 e. The normalized spacial score (nSPS) is 11.7. The van der Waals surface area contributed by atoms with Gasteiger partial charge in [0, 0.05) is 10.7 Å². The number of rotatable bonds is 7. The van der Waals surface area contributed by atoms with Gasteiger partial charge >= 0.3 is 5.97 Å². The highest BCUT2D eigenvalue weighted by Gasteiger charge is 2.23. The lowest BCUT2D eigenvalue weighted by atomic mass is 10.1. The zero-order chi connectivity index (χ0) is 16.0. The molecule has 1 aromatic rings. The summed E-state index contributed by atoms with van der Waals surface area (Å²) < 4.78 is 0. The fourth-order valence-electron chi connectivity index (χ4n) is 2.02. The largest absolute Gasteiger partial charge is 0.480 e. The molecule has 0 saturated heterocycles. The van der Waals surface area contributed by atoms with Gasteiger partial charge in [-0.3, -0.25) is 14.5 Å². The van der Waals surface area contributed by atoms with Gasteiger partial charge in [0.05, 0.1) is 12.6 Å². The highest BCUT2D eigenvalue weighted by molar-refractivity contribution is 6.31. The average Bonchev–Trinajstić information content (AvgIpc) is 2.42. The Morgan fingerprint density at radius 3 is 2.59 bits per heavy atom. The van der Waals surface area contributed by atoms with Crippen molar-refractivity contribution in [2.75, 3.05) is 18.4 Å². The number of halogens is 2. The Morgan fingerprint density at radius 1 is 1.41 bits per heavy atom. The summed E-state index contributed by atoms with van der Waals surface area (Å²) >= 11 is 6.02. The maximum Gasteiger partial charge on any atom is 0.317 e. The summed E-state index contributed by atoms with van der Waals surface area (Å²) in [4.78, 5) is 24.8. The molecular formula is C15H22Cl2N2O3. The SMILES string of the molecule is CCCN(CC(=O)O)C(C)C(=O)Nc1cccc(Cl)c1C.Cl. The molecular weight excluding hydrogens is 327 g/mol. The number of nitrogens with one attached hydrogen (secondary N) is 1. The monoisotopic (exact) mass is 348 g/mol. The lowest BCUT2D eigenvalue weighted by Crippen LogP contribution is -2.45. The number of hydrogen-bond acceptors (Lipinski definition) is 3. The van der Waals surface area contributed by atoms with E-state index in [9.17, 15) is 9.59 Å². The second-order valence-corrected chi connectivity index (χ2v) is 5.35. The second kappa shape index (κ2) is 9.66. The van der Waals surface area contributed by atoms with E-state index >= 15 is 0 Å². The van der Waals surface area contributed by atoms with Crippen molar-refractivity contribution in [3.05, 3.63) is 28.8 Å². The molecule has 0 saturated carbocycles. The summed E-state index contributed by atoms with van der Waals surface area (Å²) in [6.07, 6.45) is 0.779. The molecule has 1 amide bonds. The number of anilines is 1. The zero-order valence-corrected chi connectivity index (χ0v) is 14.5. The van der Waals surface area contributed by atoms with Crippen LogP contribution in [0.3, 0.4) is 0 Å². The fraction of sp³-hybridized carbons (Fsp3) is 0.467. The quantitative estimate of drug-likeness (QED) is 0.793. The van der Waals surface area contributed by atoms with E-state index in [0.29, 0.717) is 17.3 Å². The van der Waals surface area contributed by atoms with Gasteiger partial charge in [0.1, 0.15) is 0 Å². The number of carbonyl (C=O) groups is 2. The van der Waals surface area contributed by atoms with Crippen molar-refractivity contribution in [3.63, 3.8) is 0 Å². The van der Waals surface area contributed by atoms with Gasteiger partial charge in [-0.15, -0.1) is 12.4 Å². The van der Waals surface area contributed by atoms with Gasteiger partial charge in [0.25, 0.3) is 0 Å². The number of amides is 1. The summed E-state index contributed by atoms with van der Waals surface area (Å²) in [6.45, 7) is 5.87. The van der Waals surface area contributed by atoms with Gasteiger partial charge in [0.2, 0.25) is 5.91 Å². The Morgan fingerprint density at radius 2 is 2.05 bits per heavy atom. The molecule has 0 radical (unpaired) electrons. The van der Waals surface area contributed by atoms with E-state index < -0.39 is 12.0 Å². The third kappa shape index (κ3) is 5.83. The summed E-state index contributed by atoms with van der Waals surface area (Å²) in [6, 6.07) is 4.76. The molecule has 0 heterocycles. The third-order valence-electron chi connectivity index (χ3n) is 3.30. The summed E-state index contributed by atoms with van der Waals surface area (Å²) in [5, 5.41) is 12.3. The molecule has 0 aliphatic heterocycles. The number of carboxylic acids is 1. The first kappa shape index (κ1) is 20.7. The third-order valence-corrected chi connectivity index (χ3v) is 3.71. The standard InChI is InChI=1S/C15H21ClN2O3.ClH/c1-4-8-18(9-14(19)20)11(3)15(21)17-13-7-5-6-12(16)10(13)2;/h5-7,11H,4,8-9H2,1-3H3,(H,17,21)(H,19,20);1H. The highest BCUT2D eigenvalue weighted by Crippen LogP contribution is 2.23. The molecule has 1 unspecified atom stereocenters. The molecule has 7 heteroatoms. The van der Waals surface area contributed by atoms with E-state index in [0.717, 1.165) is 12.0 Å². The van der Waals surface area contributed by atoms with Crippen molar-refractivity contribution in [1.29, 1.82) is 0 Å². The first-order valence-electron chi connectivity index (χ1n) is 6.88. The minimum atomic E-state index is -0.943. The number of carboxylic acid groups (broad SMARTS) is 1. The number of hydrogen-bond donors (Lipinski definition) is 2. The molecule has 0 aromatic heterocycles. The number of benzene rings is 1. The summed E-state index contributed by atoms with van der Waals surface area (Å²) in [7, 11) is 0. The van der Waals surface area contributed by atoms with Crippen molar-refractivity contribution in [1.82, 2.24) is 4.90 Å². The molecule has 5 nitrogen and oxygen atoms in total. The molecule has 0 aliphatic carbocycles. The van der Waals surface area contributed by atoms with Crippen LogP contribution in [0.1, 0.15) is 25.8 Å². The lowest BCUT2D eigenvalue weighted by Gasteiger charge is -2.26. The molecule has 1 aromatic carbocycles. The molecule has 0 spiro atoms. The van der Waals surface area contributed by atoms with Crippen molar-refractivity contribution < 1.29 is 14.7 Å². The maximum absolute atomic E-state index is 12.3. The molecule has 1 atom stereocenters. The molecule has 0 bridgehead atoms. The molecule has 1 rings (SSSR count). The molecule has 124 valence electrons. The van der Waals surface area contributed by atoms with Crippen LogP contribution in [0.4, 0.5) is 5.69 Å². The van der Waals surface area contributed by atoms with E-state index in [1.54, 1.807) is 30.0 Å². The Labute approximate surface area is 142 Å². The van der Waals surface area contributed by atoms with Crippen LogP contribution in [0, 0.1) is 6.92 Å². The van der Waals surface area contributed by atoms with E-state index in [4.69, 9.17) is 16.7 Å². The Hall–Kier alpha value is -1.30. The van der Waals surface area contributed by atoms with Crippen LogP contribution in [0.15, 0.2) is 18.2 Å². The van der Waals surface area contributed by atoms with Gasteiger partial charge in [-0.2, -0.15) is 0 Å². The molecule has 22 heavy (non-hydrogen) atoms. The number of carbonyl (C=O) groups excluding carboxylic acids is 1. The number of nitrogens with zero attached hydrogens (tertiary/aromatic N) is 1. The van der Waals surface area contributed by atoms with E-state index in [-0.39, 0.29) is 24.9 Å². The van der Waals surface area contributed by atoms with Crippen LogP contribution < -0.4 is 5.32 Å². The van der Waals surface area contributed by atoms with Gasteiger partial charge < -0.3 is 10.4 Å². The van der Waals surface area contributed by atoms with Crippen LogP contribution in [0.2, 0.25) is 5.02 Å². The van der Waals surface area contributed by atoms with E-state index in [1.807, 2.05) is 13.8 Å². The number of aliphatic carboxylic acids is 1. The molecule has 0 fully saturated rings. The Bertz CT molecular complexity index is 524. The fourth-order valence-corrected chi connectivity index (χ4v) is 2.19. The van der Waals surface area contributed by atoms with Crippen molar-refractivity contribution in [2.45, 2.75) is 33.2 Å². The topological polar surface area (TPSA) is 69.6 Å². The first-order chi connectivity index (χ1) is 9.86. The summed E-state index contributed by atoms with van der Waals surface area (Å²) in [5.41, 5.74) is 1.44. The van der Waals surface area contributed by atoms with E-state index in [2.05, 4.69) is 5.32 Å². The van der Waals surface area contributed by atoms with Gasteiger partial charge in [-0.1, -0.05) is 24.6 Å². The predicted molar refractivity (Wildman–Crippen MR) is 91.0 cm³/mol. The lowest BCUT2D eigenvalue weighted by molar-refractivity contribution is -0.139. The Balaban J connectivity index is 0.00000441. The van der Waals surface area contributed by atoms with Crippen LogP contribution in [-0.2, 0) is 9.59 Å². The van der Waals surface area contributed by atoms with Gasteiger partial charge in [-0.25, -0.2) is 0 Å². The zero-order valence-electron chi connectivity index (χ0n) is 12.9. The van der Waals surface area contributed by atoms with E-state index in [1.165, 1.54) is 0 Å². The first-order valence-corrected chi connectivity index (χ1v) is 7.26. The van der Waals surface area contributed by atoms with Crippen molar-refractivity contribution >= 4 is 41.6 Å². The van der Waals surface area contributed by atoms with Crippen LogP contribution in [-0.4, -0.2) is 41.0 Å². The average molecular weight is 349 g/mol. The minimum absolute atomic E-state index is 0. The van der Waals surface area contributed by atoms with Gasteiger partial charge in [-0.05, 0) is 44.5 Å². The van der Waals surface area contributed by atoms with Crippen LogP contribution >= 0.6 is 24.0 Å². The Kier molecular flexibility index (Phi) is 9.09. The van der Waals surface area contributed by atoms with Gasteiger partial charge in [0.15, 0.2) is 0 Å². The van der Waals surface area contributed by atoms with Crippen LogP contribution in [0.25, 0.3) is 0 Å². The molecule has 2 N–H and O–H groups in total. The van der Waals surface area contributed by atoms with Crippen LogP contribution in [0.5, 0.6) is 0 Å². The molecule has 0 aliphatic rings. The second-order valence-electron chi connectivity index (χ2n) is 4.94.